The minimum absolute atomic E-state index is 0.191. The quantitative estimate of drug-likeness (QED) is 0.406. The van der Waals surface area contributed by atoms with Gasteiger partial charge in [-0.1, -0.05) is 6.07 Å². The number of halogens is 1. The number of hydrogen-bond donors (Lipinski definition) is 2. The number of guanidine groups is 1. The lowest BCUT2D eigenvalue weighted by Crippen LogP contribution is -2.37. The van der Waals surface area contributed by atoms with E-state index in [1.807, 2.05) is 16.9 Å². The Kier molecular flexibility index (Phi) is 8.24. The molecule has 0 atom stereocenters. The second kappa shape index (κ2) is 10.7. The van der Waals surface area contributed by atoms with E-state index in [-0.39, 0.29) is 5.82 Å². The highest BCUT2D eigenvalue weighted by molar-refractivity contribution is 7.97. The summed E-state index contributed by atoms with van der Waals surface area (Å²) in [6, 6.07) is 4.94. The zero-order chi connectivity index (χ0) is 17.9. The normalized spacial score (nSPS) is 11.6. The molecule has 0 unspecified atom stereocenters. The van der Waals surface area contributed by atoms with Crippen LogP contribution in [0, 0.1) is 5.82 Å². The van der Waals surface area contributed by atoms with Crippen LogP contribution in [-0.2, 0) is 18.8 Å². The number of aromatic nitrogens is 3. The molecular weight excluding hydrogens is 339 g/mol. The molecule has 0 radical (unpaired) electrons. The van der Waals surface area contributed by atoms with Crippen molar-refractivity contribution >= 4 is 17.7 Å². The van der Waals surface area contributed by atoms with Crippen LogP contribution in [-0.4, -0.2) is 40.6 Å². The average Bonchev–Trinajstić information content (AvgIpc) is 3.12. The van der Waals surface area contributed by atoms with E-state index in [0.29, 0.717) is 6.54 Å². The second-order valence-corrected chi connectivity index (χ2v) is 6.47. The lowest BCUT2D eigenvalue weighted by molar-refractivity contribution is 0.597. The van der Waals surface area contributed by atoms with Crippen LogP contribution in [0.15, 0.2) is 35.8 Å². The first-order chi connectivity index (χ1) is 12.2. The highest BCUT2D eigenvalue weighted by atomic mass is 32.2. The van der Waals surface area contributed by atoms with Crippen molar-refractivity contribution in [1.82, 2.24) is 25.4 Å². The van der Waals surface area contributed by atoms with Gasteiger partial charge in [0.15, 0.2) is 5.96 Å². The molecule has 2 rings (SSSR count). The highest BCUT2D eigenvalue weighted by Crippen LogP contribution is 2.16. The van der Waals surface area contributed by atoms with Crippen molar-refractivity contribution in [3.8, 4) is 0 Å². The first-order valence-electron chi connectivity index (χ1n) is 8.26. The van der Waals surface area contributed by atoms with Gasteiger partial charge in [0.1, 0.15) is 18.5 Å². The summed E-state index contributed by atoms with van der Waals surface area (Å²) in [5.41, 5.74) is 2.11. The van der Waals surface area contributed by atoms with Crippen molar-refractivity contribution in [1.29, 1.82) is 0 Å². The Morgan fingerprint density at radius 2 is 2.00 bits per heavy atom. The van der Waals surface area contributed by atoms with Gasteiger partial charge in [-0.3, -0.25) is 4.99 Å². The Morgan fingerprint density at radius 1 is 1.20 bits per heavy atom. The Bertz CT molecular complexity index is 659. The molecule has 0 aliphatic rings. The fraction of sp³-hybridized carbons (Fsp3) is 0.471. The average molecular weight is 364 g/mol. The lowest BCUT2D eigenvalue weighted by Gasteiger charge is -2.14. The standard InChI is InChI=1S/C17H25FN6S/c1-19-17(20-7-3-4-8-24-12-22-23-13-24)21-10-14-5-6-16(18)9-15(14)11-25-2/h5-6,9,12-13H,3-4,7-8,10-11H2,1-2H3,(H2,19,20,21). The van der Waals surface area contributed by atoms with Crippen LogP contribution in [0.3, 0.4) is 0 Å². The van der Waals surface area contributed by atoms with Gasteiger partial charge in [-0.15, -0.1) is 10.2 Å². The Balaban J connectivity index is 1.73. The number of thioether (sulfide) groups is 1. The first-order valence-corrected chi connectivity index (χ1v) is 9.65. The third-order valence-electron chi connectivity index (χ3n) is 3.74. The molecule has 0 spiro atoms. The summed E-state index contributed by atoms with van der Waals surface area (Å²) >= 11 is 1.68. The van der Waals surface area contributed by atoms with Gasteiger partial charge in [0, 0.05) is 32.4 Å². The van der Waals surface area contributed by atoms with Gasteiger partial charge in [0.25, 0.3) is 0 Å². The second-order valence-electron chi connectivity index (χ2n) is 5.61. The maximum atomic E-state index is 13.4. The molecule has 0 saturated heterocycles. The molecule has 0 amide bonds. The molecule has 0 aliphatic carbocycles. The van der Waals surface area contributed by atoms with Crippen molar-refractivity contribution < 1.29 is 4.39 Å². The van der Waals surface area contributed by atoms with Gasteiger partial charge in [0.05, 0.1) is 0 Å². The van der Waals surface area contributed by atoms with E-state index in [4.69, 9.17) is 0 Å². The molecule has 136 valence electrons. The third-order valence-corrected chi connectivity index (χ3v) is 4.34. The molecule has 8 heteroatoms. The van der Waals surface area contributed by atoms with Crippen LogP contribution in [0.4, 0.5) is 4.39 Å². The minimum Gasteiger partial charge on any atom is -0.356 e. The third kappa shape index (κ3) is 6.74. The van der Waals surface area contributed by atoms with E-state index in [2.05, 4.69) is 25.8 Å². The van der Waals surface area contributed by atoms with Crippen molar-refractivity contribution in [3.63, 3.8) is 0 Å². The molecule has 6 nitrogen and oxygen atoms in total. The molecule has 1 heterocycles. The first kappa shape index (κ1) is 19.2. The van der Waals surface area contributed by atoms with Crippen molar-refractivity contribution in [2.45, 2.75) is 31.7 Å². The van der Waals surface area contributed by atoms with Gasteiger partial charge in [-0.2, -0.15) is 11.8 Å². The van der Waals surface area contributed by atoms with Gasteiger partial charge < -0.3 is 15.2 Å². The van der Waals surface area contributed by atoms with E-state index in [1.54, 1.807) is 37.5 Å². The number of unbranched alkanes of at least 4 members (excludes halogenated alkanes) is 1. The number of rotatable bonds is 9. The summed E-state index contributed by atoms with van der Waals surface area (Å²) in [5, 5.41) is 14.2. The predicted octanol–water partition coefficient (Wildman–Crippen LogP) is 2.43. The molecule has 0 bridgehead atoms. The van der Waals surface area contributed by atoms with Crippen LogP contribution in [0.1, 0.15) is 24.0 Å². The Labute approximate surface area is 152 Å². The predicted molar refractivity (Wildman–Crippen MR) is 101 cm³/mol. The summed E-state index contributed by atoms with van der Waals surface area (Å²) in [7, 11) is 1.75. The number of nitrogens with zero attached hydrogens (tertiary/aromatic N) is 4. The monoisotopic (exact) mass is 364 g/mol. The van der Waals surface area contributed by atoms with Crippen LogP contribution >= 0.6 is 11.8 Å². The van der Waals surface area contributed by atoms with Crippen LogP contribution < -0.4 is 10.6 Å². The van der Waals surface area contributed by atoms with Gasteiger partial charge in [0.2, 0.25) is 0 Å². The molecule has 1 aromatic carbocycles. The molecule has 25 heavy (non-hydrogen) atoms. The highest BCUT2D eigenvalue weighted by Gasteiger charge is 2.05. The zero-order valence-corrected chi connectivity index (χ0v) is 15.5. The van der Waals surface area contributed by atoms with Crippen LogP contribution in [0.25, 0.3) is 0 Å². The van der Waals surface area contributed by atoms with Gasteiger partial charge in [-0.05, 0) is 42.4 Å². The maximum Gasteiger partial charge on any atom is 0.191 e. The van der Waals surface area contributed by atoms with Crippen LogP contribution in [0.5, 0.6) is 0 Å². The maximum absolute atomic E-state index is 13.4. The largest absolute Gasteiger partial charge is 0.356 e. The summed E-state index contributed by atoms with van der Waals surface area (Å²) in [4.78, 5) is 4.23. The lowest BCUT2D eigenvalue weighted by atomic mass is 10.1. The minimum atomic E-state index is -0.191. The van der Waals surface area contributed by atoms with Crippen molar-refractivity contribution in [3.05, 3.63) is 47.8 Å². The summed E-state index contributed by atoms with van der Waals surface area (Å²) in [6.45, 7) is 2.37. The molecule has 0 saturated carbocycles. The number of hydrogen-bond acceptors (Lipinski definition) is 4. The van der Waals surface area contributed by atoms with Gasteiger partial charge >= 0.3 is 0 Å². The summed E-state index contributed by atoms with van der Waals surface area (Å²) in [5.74, 6) is 1.36. The molecule has 2 N–H and O–H groups in total. The van der Waals surface area contributed by atoms with E-state index in [1.165, 1.54) is 6.07 Å². The fourth-order valence-corrected chi connectivity index (χ4v) is 3.00. The number of benzene rings is 1. The van der Waals surface area contributed by atoms with Crippen molar-refractivity contribution in [2.75, 3.05) is 19.8 Å². The Hall–Kier alpha value is -2.09. The summed E-state index contributed by atoms with van der Waals surface area (Å²) in [6.07, 6.45) is 7.53. The van der Waals surface area contributed by atoms with Gasteiger partial charge in [-0.25, -0.2) is 4.39 Å². The fourth-order valence-electron chi connectivity index (χ4n) is 2.42. The zero-order valence-electron chi connectivity index (χ0n) is 14.7. The number of nitrogens with one attached hydrogen (secondary N) is 2. The summed E-state index contributed by atoms with van der Waals surface area (Å²) < 4.78 is 15.4. The molecular formula is C17H25FN6S. The topological polar surface area (TPSA) is 67.1 Å². The van der Waals surface area contributed by atoms with E-state index >= 15 is 0 Å². The van der Waals surface area contributed by atoms with Crippen LogP contribution in [0.2, 0.25) is 0 Å². The molecule has 2 aromatic rings. The Morgan fingerprint density at radius 3 is 2.72 bits per heavy atom. The smallest absolute Gasteiger partial charge is 0.191 e. The molecule has 0 aliphatic heterocycles. The van der Waals surface area contributed by atoms with E-state index < -0.39 is 0 Å². The molecule has 0 fully saturated rings. The SMILES string of the molecule is CN=C(NCCCCn1cnnc1)NCc1ccc(F)cc1CSC. The van der Waals surface area contributed by atoms with Crippen molar-refractivity contribution in [2.24, 2.45) is 4.99 Å². The number of aryl methyl sites for hydroxylation is 1. The van der Waals surface area contributed by atoms with E-state index in [9.17, 15) is 4.39 Å². The number of aliphatic imine (C=N–C) groups is 1. The molecule has 1 aromatic heterocycles. The van der Waals surface area contributed by atoms with E-state index in [0.717, 1.165) is 48.8 Å².